The first-order valence-corrected chi connectivity index (χ1v) is 5.55. The summed E-state index contributed by atoms with van der Waals surface area (Å²) in [6.45, 7) is 3.42. The number of halogens is 2. The molecule has 1 aromatic carbocycles. The van der Waals surface area contributed by atoms with E-state index in [9.17, 15) is 8.78 Å². The highest BCUT2D eigenvalue weighted by molar-refractivity contribution is 5.31. The van der Waals surface area contributed by atoms with Crippen LogP contribution in [0.3, 0.4) is 0 Å². The number of rotatable bonds is 3. The van der Waals surface area contributed by atoms with Gasteiger partial charge in [0.05, 0.1) is 5.69 Å². The maximum Gasteiger partial charge on any atom is 0.259 e. The largest absolute Gasteiger partial charge is 0.436 e. The standard InChI is InChI=1S/C13H12F2N2O/c1-3-11-12(15)13(17-7-16-11)18-9-5-4-8(2)10(14)6-9/h4-7H,3H2,1-2H3. The number of aromatic nitrogens is 2. The third kappa shape index (κ3) is 2.45. The Hall–Kier alpha value is -2.04. The molecule has 0 bridgehead atoms. The average Bonchev–Trinajstić information content (AvgIpc) is 2.36. The third-order valence-electron chi connectivity index (χ3n) is 2.52. The Morgan fingerprint density at radius 2 is 2.00 bits per heavy atom. The number of aryl methyl sites for hydroxylation is 2. The molecule has 0 saturated heterocycles. The molecule has 0 aliphatic heterocycles. The van der Waals surface area contributed by atoms with Crippen molar-refractivity contribution < 1.29 is 13.5 Å². The number of hydrogen-bond acceptors (Lipinski definition) is 3. The van der Waals surface area contributed by atoms with E-state index in [0.717, 1.165) is 0 Å². The van der Waals surface area contributed by atoms with Gasteiger partial charge in [-0.2, -0.15) is 9.37 Å². The summed E-state index contributed by atoms with van der Waals surface area (Å²) in [4.78, 5) is 7.49. The van der Waals surface area contributed by atoms with Crippen molar-refractivity contribution in [3.05, 3.63) is 47.4 Å². The Bertz CT molecular complexity index is 573. The second kappa shape index (κ2) is 5.08. The lowest BCUT2D eigenvalue weighted by Gasteiger charge is -2.07. The lowest BCUT2D eigenvalue weighted by molar-refractivity contribution is 0.412. The molecular weight excluding hydrogens is 238 g/mol. The molecule has 0 atom stereocenters. The smallest absolute Gasteiger partial charge is 0.259 e. The van der Waals surface area contributed by atoms with Crippen LogP contribution >= 0.6 is 0 Å². The van der Waals surface area contributed by atoms with Crippen molar-refractivity contribution in [2.45, 2.75) is 20.3 Å². The summed E-state index contributed by atoms with van der Waals surface area (Å²) in [6, 6.07) is 4.32. The van der Waals surface area contributed by atoms with Gasteiger partial charge in [-0.3, -0.25) is 0 Å². The first kappa shape index (κ1) is 12.4. The zero-order valence-corrected chi connectivity index (χ0v) is 10.1. The summed E-state index contributed by atoms with van der Waals surface area (Å²) in [5, 5.41) is 0. The molecule has 5 heteroatoms. The molecule has 2 rings (SSSR count). The molecule has 94 valence electrons. The van der Waals surface area contributed by atoms with Crippen LogP contribution in [-0.2, 0) is 6.42 Å². The van der Waals surface area contributed by atoms with Crippen molar-refractivity contribution in [1.82, 2.24) is 9.97 Å². The quantitative estimate of drug-likeness (QED) is 0.837. The molecule has 0 unspecified atom stereocenters. The van der Waals surface area contributed by atoms with Crippen LogP contribution in [0.2, 0.25) is 0 Å². The highest BCUT2D eigenvalue weighted by Crippen LogP contribution is 2.24. The van der Waals surface area contributed by atoms with Gasteiger partial charge in [0.25, 0.3) is 5.88 Å². The first-order chi connectivity index (χ1) is 8.61. The maximum absolute atomic E-state index is 13.8. The Morgan fingerprint density at radius 3 is 2.67 bits per heavy atom. The second-order valence-corrected chi connectivity index (χ2v) is 3.81. The molecule has 2 aromatic rings. The predicted molar refractivity (Wildman–Crippen MR) is 62.6 cm³/mol. The van der Waals surface area contributed by atoms with Crippen LogP contribution in [0.4, 0.5) is 8.78 Å². The molecule has 1 heterocycles. The van der Waals surface area contributed by atoms with Gasteiger partial charge in [0.15, 0.2) is 0 Å². The minimum atomic E-state index is -0.610. The fourth-order valence-corrected chi connectivity index (χ4v) is 1.45. The molecule has 0 amide bonds. The minimum absolute atomic E-state index is 0.190. The van der Waals surface area contributed by atoms with Crippen LogP contribution in [0.5, 0.6) is 11.6 Å². The summed E-state index contributed by atoms with van der Waals surface area (Å²) in [5.41, 5.74) is 0.771. The average molecular weight is 250 g/mol. The molecule has 3 nitrogen and oxygen atoms in total. The van der Waals surface area contributed by atoms with Crippen molar-refractivity contribution in [1.29, 1.82) is 0 Å². The van der Waals surface area contributed by atoms with Crippen LogP contribution in [0.15, 0.2) is 24.5 Å². The molecule has 0 aliphatic carbocycles. The van der Waals surface area contributed by atoms with Gasteiger partial charge < -0.3 is 4.74 Å². The van der Waals surface area contributed by atoms with Gasteiger partial charge in [-0.05, 0) is 25.0 Å². The summed E-state index contributed by atoms with van der Waals surface area (Å²) >= 11 is 0. The van der Waals surface area contributed by atoms with Gasteiger partial charge >= 0.3 is 0 Å². The topological polar surface area (TPSA) is 35.0 Å². The Kier molecular flexibility index (Phi) is 3.50. The highest BCUT2D eigenvalue weighted by Gasteiger charge is 2.12. The minimum Gasteiger partial charge on any atom is -0.436 e. The molecule has 0 spiro atoms. The molecule has 0 fully saturated rings. The first-order valence-electron chi connectivity index (χ1n) is 5.55. The zero-order valence-electron chi connectivity index (χ0n) is 10.1. The van der Waals surface area contributed by atoms with Crippen LogP contribution in [0, 0.1) is 18.6 Å². The Labute approximate surface area is 103 Å². The second-order valence-electron chi connectivity index (χ2n) is 3.81. The molecule has 0 aliphatic rings. The number of ether oxygens (including phenoxy) is 1. The number of nitrogens with zero attached hydrogens (tertiary/aromatic N) is 2. The normalized spacial score (nSPS) is 10.4. The van der Waals surface area contributed by atoms with E-state index in [2.05, 4.69) is 9.97 Å². The van der Waals surface area contributed by atoms with E-state index in [1.807, 2.05) is 0 Å². The zero-order chi connectivity index (χ0) is 13.1. The van der Waals surface area contributed by atoms with Crippen molar-refractivity contribution in [3.8, 4) is 11.6 Å². The van der Waals surface area contributed by atoms with Crippen LogP contribution in [0.25, 0.3) is 0 Å². The molecule has 0 radical (unpaired) electrons. The van der Waals surface area contributed by atoms with Gasteiger partial charge in [-0.15, -0.1) is 0 Å². The summed E-state index contributed by atoms with van der Waals surface area (Å²) in [5.74, 6) is -0.999. The maximum atomic E-state index is 13.8. The molecule has 0 N–H and O–H groups in total. The van der Waals surface area contributed by atoms with Crippen molar-refractivity contribution in [3.63, 3.8) is 0 Å². The van der Waals surface area contributed by atoms with Crippen molar-refractivity contribution in [2.24, 2.45) is 0 Å². The van der Waals surface area contributed by atoms with E-state index in [0.29, 0.717) is 12.0 Å². The summed E-state index contributed by atoms with van der Waals surface area (Å²) in [6.07, 6.45) is 1.66. The van der Waals surface area contributed by atoms with E-state index in [1.54, 1.807) is 26.0 Å². The molecule has 0 saturated carbocycles. The fourth-order valence-electron chi connectivity index (χ4n) is 1.45. The highest BCUT2D eigenvalue weighted by atomic mass is 19.1. The van der Waals surface area contributed by atoms with Gasteiger partial charge in [-0.1, -0.05) is 13.0 Å². The third-order valence-corrected chi connectivity index (χ3v) is 2.52. The van der Waals surface area contributed by atoms with E-state index < -0.39 is 11.6 Å². The fraction of sp³-hybridized carbons (Fsp3) is 0.231. The van der Waals surface area contributed by atoms with Gasteiger partial charge in [0, 0.05) is 6.07 Å². The predicted octanol–water partition coefficient (Wildman–Crippen LogP) is 3.42. The lowest BCUT2D eigenvalue weighted by Crippen LogP contribution is -1.99. The number of hydrogen-bond donors (Lipinski definition) is 0. The molecule has 18 heavy (non-hydrogen) atoms. The van der Waals surface area contributed by atoms with Crippen LogP contribution < -0.4 is 4.74 Å². The van der Waals surface area contributed by atoms with Crippen molar-refractivity contribution >= 4 is 0 Å². The molecule has 1 aromatic heterocycles. The van der Waals surface area contributed by atoms with Gasteiger partial charge in [-0.25, -0.2) is 9.37 Å². The van der Waals surface area contributed by atoms with Gasteiger partial charge in [0.1, 0.15) is 17.9 Å². The summed E-state index contributed by atoms with van der Waals surface area (Å²) in [7, 11) is 0. The van der Waals surface area contributed by atoms with E-state index >= 15 is 0 Å². The Balaban J connectivity index is 2.31. The lowest BCUT2D eigenvalue weighted by atomic mass is 10.2. The molecular formula is C13H12F2N2O. The van der Waals surface area contributed by atoms with Crippen LogP contribution in [0.1, 0.15) is 18.2 Å². The van der Waals surface area contributed by atoms with E-state index in [-0.39, 0.29) is 17.3 Å². The van der Waals surface area contributed by atoms with Crippen molar-refractivity contribution in [2.75, 3.05) is 0 Å². The van der Waals surface area contributed by atoms with E-state index in [1.165, 1.54) is 12.4 Å². The summed E-state index contributed by atoms with van der Waals surface area (Å²) < 4.78 is 32.3. The monoisotopic (exact) mass is 250 g/mol. The van der Waals surface area contributed by atoms with E-state index in [4.69, 9.17) is 4.74 Å². The Morgan fingerprint density at radius 1 is 1.22 bits per heavy atom. The van der Waals surface area contributed by atoms with Crippen LogP contribution in [-0.4, -0.2) is 9.97 Å². The number of benzene rings is 1. The van der Waals surface area contributed by atoms with Gasteiger partial charge in [0.2, 0.25) is 5.82 Å². The SMILES string of the molecule is CCc1ncnc(Oc2ccc(C)c(F)c2)c1F.